The van der Waals surface area contributed by atoms with E-state index in [2.05, 4.69) is 5.32 Å². The zero-order valence-electron chi connectivity index (χ0n) is 16.2. The summed E-state index contributed by atoms with van der Waals surface area (Å²) in [6, 6.07) is 13.7. The maximum Gasteiger partial charge on any atom is 0.437 e. The molecule has 3 N–H and O–H groups in total. The number of alkyl halides is 3. The highest BCUT2D eigenvalue weighted by Gasteiger charge is 2.66. The Balaban J connectivity index is 1.82. The van der Waals surface area contributed by atoms with Gasteiger partial charge in [-0.15, -0.1) is 0 Å². The largest absolute Gasteiger partial charge is 0.459 e. The van der Waals surface area contributed by atoms with E-state index in [1.807, 2.05) is 0 Å². The van der Waals surface area contributed by atoms with Crippen LogP contribution in [0.5, 0.6) is 0 Å². The van der Waals surface area contributed by atoms with Crippen molar-refractivity contribution in [2.75, 3.05) is 0 Å². The minimum absolute atomic E-state index is 0.0685. The number of aliphatic hydroxyl groups is 1. The molecule has 3 atom stereocenters. The van der Waals surface area contributed by atoms with E-state index in [0.717, 1.165) is 0 Å². The van der Waals surface area contributed by atoms with Crippen LogP contribution in [0, 0.1) is 5.92 Å². The second-order valence-electron chi connectivity index (χ2n) is 7.23. The summed E-state index contributed by atoms with van der Waals surface area (Å²) in [6.07, 6.45) is -5.35. The number of urea groups is 1. The Hall–Kier alpha value is -3.30. The lowest BCUT2D eigenvalue weighted by Gasteiger charge is -2.44. The second-order valence-corrected chi connectivity index (χ2v) is 7.64. The van der Waals surface area contributed by atoms with Crippen molar-refractivity contribution in [1.29, 1.82) is 0 Å². The van der Waals surface area contributed by atoms with Crippen LogP contribution >= 0.6 is 11.6 Å². The van der Waals surface area contributed by atoms with Gasteiger partial charge in [-0.25, -0.2) is 4.79 Å². The van der Waals surface area contributed by atoms with Crippen molar-refractivity contribution < 1.29 is 32.3 Å². The highest BCUT2D eigenvalue weighted by molar-refractivity contribution is 6.33. The summed E-state index contributed by atoms with van der Waals surface area (Å²) in [4.78, 5) is 25.3. The van der Waals surface area contributed by atoms with Crippen LogP contribution < -0.4 is 10.6 Å². The lowest BCUT2D eigenvalue weighted by Crippen LogP contribution is -2.72. The van der Waals surface area contributed by atoms with Crippen LogP contribution in [0.4, 0.5) is 18.0 Å². The molecule has 2 aromatic carbocycles. The van der Waals surface area contributed by atoms with Crippen molar-refractivity contribution in [3.8, 4) is 11.3 Å². The first-order valence-electron chi connectivity index (χ1n) is 9.43. The summed E-state index contributed by atoms with van der Waals surface area (Å²) in [5.74, 6) is -3.13. The molecular weight excluding hydrogens is 449 g/mol. The molecular formula is C22H16ClF3N2O4. The van der Waals surface area contributed by atoms with Gasteiger partial charge in [-0.2, -0.15) is 13.2 Å². The molecule has 0 unspecified atom stereocenters. The second kappa shape index (κ2) is 7.99. The number of carbonyl (C=O) groups is 2. The van der Waals surface area contributed by atoms with Gasteiger partial charge < -0.3 is 20.2 Å². The molecule has 1 aromatic heterocycles. The molecule has 3 aromatic rings. The van der Waals surface area contributed by atoms with E-state index in [9.17, 15) is 27.9 Å². The van der Waals surface area contributed by atoms with Crippen LogP contribution in [-0.2, 0) is 0 Å². The number of hydrogen-bond donors (Lipinski definition) is 3. The molecule has 0 radical (unpaired) electrons. The smallest absolute Gasteiger partial charge is 0.437 e. The molecule has 10 heteroatoms. The third-order valence-corrected chi connectivity index (χ3v) is 5.55. The first-order chi connectivity index (χ1) is 15.1. The molecule has 1 saturated heterocycles. The van der Waals surface area contributed by atoms with E-state index in [0.29, 0.717) is 10.6 Å². The number of amides is 2. The zero-order chi connectivity index (χ0) is 23.1. The van der Waals surface area contributed by atoms with Crippen LogP contribution in [0.3, 0.4) is 0 Å². The Labute approximate surface area is 185 Å². The molecule has 0 aliphatic carbocycles. The molecule has 2 heterocycles. The van der Waals surface area contributed by atoms with E-state index in [4.69, 9.17) is 16.0 Å². The summed E-state index contributed by atoms with van der Waals surface area (Å²) in [7, 11) is 0. The van der Waals surface area contributed by atoms with E-state index >= 15 is 0 Å². The van der Waals surface area contributed by atoms with Crippen LogP contribution in [0.2, 0.25) is 5.02 Å². The van der Waals surface area contributed by atoms with Gasteiger partial charge in [0.15, 0.2) is 5.78 Å². The minimum atomic E-state index is -5.35. The average Bonchev–Trinajstić information content (AvgIpc) is 3.23. The first-order valence-corrected chi connectivity index (χ1v) is 9.81. The Bertz CT molecular complexity index is 1170. The van der Waals surface area contributed by atoms with Crippen molar-refractivity contribution in [3.05, 3.63) is 83.1 Å². The molecule has 0 bridgehead atoms. The van der Waals surface area contributed by atoms with Crippen LogP contribution in [-0.4, -0.2) is 28.8 Å². The number of Topliss-reactive ketones (excluding diaryl/α,β-unsaturated/α-hetero) is 1. The SMILES string of the molecule is O=C1N[C@H](c2ccc(-c3ccccc3Cl)o2)[C@H](C(=O)c2ccccc2)[C@](O)(C(F)(F)F)N1. The Morgan fingerprint density at radius 2 is 1.69 bits per heavy atom. The average molecular weight is 465 g/mol. The van der Waals surface area contributed by atoms with Crippen LogP contribution in [0.25, 0.3) is 11.3 Å². The van der Waals surface area contributed by atoms with E-state index in [-0.39, 0.29) is 17.1 Å². The Morgan fingerprint density at radius 1 is 1.03 bits per heavy atom. The quantitative estimate of drug-likeness (QED) is 0.488. The number of ketones is 1. The van der Waals surface area contributed by atoms with Crippen molar-refractivity contribution >= 4 is 23.4 Å². The third kappa shape index (κ3) is 3.74. The van der Waals surface area contributed by atoms with Gasteiger partial charge in [-0.1, -0.05) is 54.1 Å². The fraction of sp³-hybridized carbons (Fsp3) is 0.182. The molecule has 1 aliphatic rings. The highest BCUT2D eigenvalue weighted by atomic mass is 35.5. The standard InChI is InChI=1S/C22H16ClF3N2O4/c23-14-9-5-4-8-13(14)15-10-11-16(32-15)18-17(19(29)12-6-2-1-3-7-12)21(31,22(24,25)26)28-20(30)27-18/h1-11,17-18,31H,(H2,27,28,30)/t17-,18-,21+/m1/s1. The molecule has 2 amide bonds. The van der Waals surface area contributed by atoms with E-state index in [1.54, 1.807) is 30.3 Å². The maximum atomic E-state index is 13.9. The number of furan rings is 1. The molecule has 4 rings (SSSR count). The van der Waals surface area contributed by atoms with Crippen molar-refractivity contribution in [2.24, 2.45) is 5.92 Å². The lowest BCUT2D eigenvalue weighted by atomic mass is 9.79. The normalized spacial score (nSPS) is 23.3. The number of hydrogen-bond acceptors (Lipinski definition) is 4. The monoisotopic (exact) mass is 464 g/mol. The summed E-state index contributed by atoms with van der Waals surface area (Å²) >= 11 is 6.16. The van der Waals surface area contributed by atoms with E-state index < -0.39 is 35.7 Å². The van der Waals surface area contributed by atoms with Crippen LogP contribution in [0.1, 0.15) is 22.2 Å². The maximum absolute atomic E-state index is 13.9. The fourth-order valence-electron chi connectivity index (χ4n) is 3.68. The van der Waals surface area contributed by atoms with Crippen molar-refractivity contribution in [2.45, 2.75) is 17.9 Å². The molecule has 166 valence electrons. The molecule has 1 aliphatic heterocycles. The van der Waals surface area contributed by atoms with Gasteiger partial charge in [0.1, 0.15) is 23.5 Å². The topological polar surface area (TPSA) is 91.6 Å². The number of benzene rings is 2. The van der Waals surface area contributed by atoms with Gasteiger partial charge in [0.2, 0.25) is 5.72 Å². The van der Waals surface area contributed by atoms with Gasteiger partial charge in [-0.05, 0) is 24.3 Å². The van der Waals surface area contributed by atoms with Crippen molar-refractivity contribution in [1.82, 2.24) is 10.6 Å². The summed E-state index contributed by atoms with van der Waals surface area (Å²) < 4.78 is 47.5. The summed E-state index contributed by atoms with van der Waals surface area (Å²) in [6.45, 7) is 0. The van der Waals surface area contributed by atoms with Crippen LogP contribution in [0.15, 0.2) is 71.1 Å². The zero-order valence-corrected chi connectivity index (χ0v) is 16.9. The number of rotatable bonds is 4. The van der Waals surface area contributed by atoms with Gasteiger partial charge in [0, 0.05) is 11.1 Å². The Kier molecular flexibility index (Phi) is 5.47. The minimum Gasteiger partial charge on any atom is -0.459 e. The third-order valence-electron chi connectivity index (χ3n) is 5.22. The lowest BCUT2D eigenvalue weighted by molar-refractivity contribution is -0.288. The predicted molar refractivity (Wildman–Crippen MR) is 109 cm³/mol. The summed E-state index contributed by atoms with van der Waals surface area (Å²) in [5, 5.41) is 14.7. The fourth-order valence-corrected chi connectivity index (χ4v) is 3.91. The van der Waals surface area contributed by atoms with Gasteiger partial charge in [0.25, 0.3) is 0 Å². The van der Waals surface area contributed by atoms with Crippen molar-refractivity contribution in [3.63, 3.8) is 0 Å². The Morgan fingerprint density at radius 3 is 2.34 bits per heavy atom. The van der Waals surface area contributed by atoms with Gasteiger partial charge >= 0.3 is 12.2 Å². The number of halogens is 4. The molecule has 1 fully saturated rings. The predicted octanol–water partition coefficient (Wildman–Crippen LogP) is 4.70. The molecule has 0 saturated carbocycles. The molecule has 0 spiro atoms. The van der Waals surface area contributed by atoms with Gasteiger partial charge in [0.05, 0.1) is 5.02 Å². The number of carbonyl (C=O) groups excluding carboxylic acids is 2. The van der Waals surface area contributed by atoms with Gasteiger partial charge in [-0.3, -0.25) is 4.79 Å². The molecule has 6 nitrogen and oxygen atoms in total. The molecule has 32 heavy (non-hydrogen) atoms. The number of nitrogens with one attached hydrogen (secondary N) is 2. The first kappa shape index (κ1) is 21.9. The van der Waals surface area contributed by atoms with E-state index in [1.165, 1.54) is 41.7 Å². The summed E-state index contributed by atoms with van der Waals surface area (Å²) in [5.41, 5.74) is -3.43. The highest BCUT2D eigenvalue weighted by Crippen LogP contribution is 2.45.